The Bertz CT molecular complexity index is 535. The molecule has 0 saturated heterocycles. The van der Waals surface area contributed by atoms with E-state index in [0.29, 0.717) is 0 Å². The van der Waals surface area contributed by atoms with Crippen molar-refractivity contribution in [3.8, 4) is 0 Å². The number of hydrogen-bond donors (Lipinski definition) is 1. The summed E-state index contributed by atoms with van der Waals surface area (Å²) in [5, 5.41) is 4.13. The third-order valence-corrected chi connectivity index (χ3v) is 3.61. The predicted octanol–water partition coefficient (Wildman–Crippen LogP) is 3.82. The molecule has 2 aromatic rings. The van der Waals surface area contributed by atoms with Gasteiger partial charge in [-0.15, -0.1) is 11.8 Å². The fraction of sp³-hybridized carbons (Fsp3) is 0.333. The van der Waals surface area contributed by atoms with Crippen molar-refractivity contribution in [1.82, 2.24) is 9.97 Å². The average molecular weight is 273 g/mol. The van der Waals surface area contributed by atoms with E-state index in [1.807, 2.05) is 6.20 Å². The number of nitrogens with one attached hydrogen (secondary N) is 1. The lowest BCUT2D eigenvalue weighted by Crippen LogP contribution is -2.00. The van der Waals surface area contributed by atoms with E-state index < -0.39 is 0 Å². The summed E-state index contributed by atoms with van der Waals surface area (Å²) in [6.07, 6.45) is 3.57. The van der Waals surface area contributed by atoms with Crippen molar-refractivity contribution in [2.45, 2.75) is 31.6 Å². The second-order valence-corrected chi connectivity index (χ2v) is 5.55. The van der Waals surface area contributed by atoms with Gasteiger partial charge in [0.2, 0.25) is 0 Å². The number of benzene rings is 1. The van der Waals surface area contributed by atoms with Gasteiger partial charge < -0.3 is 5.32 Å². The first-order valence-corrected chi connectivity index (χ1v) is 7.42. The molecule has 19 heavy (non-hydrogen) atoms. The van der Waals surface area contributed by atoms with Crippen molar-refractivity contribution in [3.05, 3.63) is 47.3 Å². The van der Waals surface area contributed by atoms with E-state index >= 15 is 0 Å². The Labute approximate surface area is 118 Å². The molecular formula is C15H19N3S. The van der Waals surface area contributed by atoms with Crippen LogP contribution >= 0.6 is 11.8 Å². The summed E-state index contributed by atoms with van der Waals surface area (Å²) < 4.78 is 0. The van der Waals surface area contributed by atoms with E-state index in [-0.39, 0.29) is 0 Å². The molecule has 0 radical (unpaired) electrons. The van der Waals surface area contributed by atoms with Gasteiger partial charge in [-0.2, -0.15) is 0 Å². The first-order chi connectivity index (χ1) is 9.17. The molecule has 100 valence electrons. The Hall–Kier alpha value is -1.55. The van der Waals surface area contributed by atoms with Crippen molar-refractivity contribution in [3.63, 3.8) is 0 Å². The minimum Gasteiger partial charge on any atom is -0.369 e. The molecule has 4 heteroatoms. The molecule has 1 N–H and O–H groups in total. The summed E-state index contributed by atoms with van der Waals surface area (Å²) in [4.78, 5) is 8.72. The number of aryl methyl sites for hydroxylation is 2. The maximum Gasteiger partial charge on any atom is 0.145 e. The highest BCUT2D eigenvalue weighted by molar-refractivity contribution is 7.98. The van der Waals surface area contributed by atoms with Crippen molar-refractivity contribution in [1.29, 1.82) is 0 Å². The lowest BCUT2D eigenvalue weighted by Gasteiger charge is -2.06. The average Bonchev–Trinajstić information content (AvgIpc) is 2.36. The quantitative estimate of drug-likeness (QED) is 0.840. The summed E-state index contributed by atoms with van der Waals surface area (Å²) >= 11 is 1.72. The SMILES string of the molecule is CCNc1cncc(SCc2cc(C)cc(C)c2)n1. The summed E-state index contributed by atoms with van der Waals surface area (Å²) in [5.41, 5.74) is 3.95. The highest BCUT2D eigenvalue weighted by Crippen LogP contribution is 2.22. The second-order valence-electron chi connectivity index (χ2n) is 4.56. The van der Waals surface area contributed by atoms with Crippen molar-refractivity contribution >= 4 is 17.6 Å². The minimum atomic E-state index is 0.841. The molecule has 0 saturated carbocycles. The maximum absolute atomic E-state index is 4.51. The number of anilines is 1. The molecule has 0 atom stereocenters. The second kappa shape index (κ2) is 6.57. The standard InChI is InChI=1S/C15H19N3S/c1-4-17-14-8-16-9-15(18-14)19-10-13-6-11(2)5-12(3)7-13/h5-9H,4,10H2,1-3H3,(H,17,18). The zero-order chi connectivity index (χ0) is 13.7. The lowest BCUT2D eigenvalue weighted by atomic mass is 10.1. The van der Waals surface area contributed by atoms with E-state index in [9.17, 15) is 0 Å². The summed E-state index contributed by atoms with van der Waals surface area (Å²) in [5.74, 6) is 1.76. The molecule has 1 aromatic heterocycles. The summed E-state index contributed by atoms with van der Waals surface area (Å²) in [6.45, 7) is 7.18. The summed E-state index contributed by atoms with van der Waals surface area (Å²) in [7, 11) is 0. The molecular weight excluding hydrogens is 254 g/mol. The van der Waals surface area contributed by atoms with Crippen molar-refractivity contribution < 1.29 is 0 Å². The van der Waals surface area contributed by atoms with E-state index in [1.54, 1.807) is 18.0 Å². The molecule has 0 spiro atoms. The smallest absolute Gasteiger partial charge is 0.145 e. The van der Waals surface area contributed by atoms with Crippen molar-refractivity contribution in [2.75, 3.05) is 11.9 Å². The Morgan fingerprint density at radius 3 is 2.53 bits per heavy atom. The molecule has 1 aromatic carbocycles. The molecule has 0 aliphatic heterocycles. The number of thioether (sulfide) groups is 1. The number of aromatic nitrogens is 2. The van der Waals surface area contributed by atoms with E-state index in [4.69, 9.17) is 0 Å². The van der Waals surface area contributed by atoms with Crippen LogP contribution in [0.3, 0.4) is 0 Å². The van der Waals surface area contributed by atoms with Gasteiger partial charge >= 0.3 is 0 Å². The molecule has 0 amide bonds. The number of hydrogen-bond acceptors (Lipinski definition) is 4. The molecule has 0 aliphatic rings. The fourth-order valence-electron chi connectivity index (χ4n) is 1.99. The van der Waals surface area contributed by atoms with E-state index in [1.165, 1.54) is 16.7 Å². The first-order valence-electron chi connectivity index (χ1n) is 6.43. The Morgan fingerprint density at radius 1 is 1.11 bits per heavy atom. The Kier molecular flexibility index (Phi) is 4.80. The van der Waals surface area contributed by atoms with Gasteiger partial charge in [0, 0.05) is 12.3 Å². The minimum absolute atomic E-state index is 0.841. The van der Waals surface area contributed by atoms with Crippen LogP contribution in [0.15, 0.2) is 35.6 Å². The van der Waals surface area contributed by atoms with Gasteiger partial charge in [-0.05, 0) is 26.3 Å². The van der Waals surface area contributed by atoms with Crippen LogP contribution in [-0.2, 0) is 5.75 Å². The van der Waals surface area contributed by atoms with Crippen LogP contribution in [0.2, 0.25) is 0 Å². The molecule has 3 nitrogen and oxygen atoms in total. The third-order valence-electron chi connectivity index (χ3n) is 2.64. The normalized spacial score (nSPS) is 10.5. The highest BCUT2D eigenvalue weighted by Gasteiger charge is 2.01. The monoisotopic (exact) mass is 273 g/mol. The van der Waals surface area contributed by atoms with Crippen LogP contribution < -0.4 is 5.32 Å². The van der Waals surface area contributed by atoms with Crippen LogP contribution in [0, 0.1) is 13.8 Å². The topological polar surface area (TPSA) is 37.8 Å². The molecule has 0 fully saturated rings. The van der Waals surface area contributed by atoms with Gasteiger partial charge in [0.15, 0.2) is 0 Å². The highest BCUT2D eigenvalue weighted by atomic mass is 32.2. The van der Waals surface area contributed by atoms with Crippen LogP contribution in [0.4, 0.5) is 5.82 Å². The van der Waals surface area contributed by atoms with Gasteiger partial charge in [-0.3, -0.25) is 4.98 Å². The van der Waals surface area contributed by atoms with Gasteiger partial charge in [0.05, 0.1) is 12.4 Å². The van der Waals surface area contributed by atoms with Crippen LogP contribution in [0.1, 0.15) is 23.6 Å². The molecule has 1 heterocycles. The third kappa shape index (κ3) is 4.24. The van der Waals surface area contributed by atoms with E-state index in [2.05, 4.69) is 54.3 Å². The molecule has 2 rings (SSSR count). The van der Waals surface area contributed by atoms with Gasteiger partial charge in [-0.25, -0.2) is 4.98 Å². The molecule has 0 bridgehead atoms. The maximum atomic E-state index is 4.51. The molecule has 0 aliphatic carbocycles. The van der Waals surface area contributed by atoms with Crippen LogP contribution in [-0.4, -0.2) is 16.5 Å². The lowest BCUT2D eigenvalue weighted by molar-refractivity contribution is 1.03. The zero-order valence-electron chi connectivity index (χ0n) is 11.6. The number of nitrogens with zero attached hydrogens (tertiary/aromatic N) is 2. The van der Waals surface area contributed by atoms with E-state index in [0.717, 1.165) is 23.1 Å². The van der Waals surface area contributed by atoms with Gasteiger partial charge in [0.1, 0.15) is 10.8 Å². The fourth-order valence-corrected chi connectivity index (χ4v) is 2.77. The van der Waals surface area contributed by atoms with Crippen molar-refractivity contribution in [2.24, 2.45) is 0 Å². The van der Waals surface area contributed by atoms with Gasteiger partial charge in [0.25, 0.3) is 0 Å². The largest absolute Gasteiger partial charge is 0.369 e. The zero-order valence-corrected chi connectivity index (χ0v) is 12.4. The Balaban J connectivity index is 2.03. The van der Waals surface area contributed by atoms with Gasteiger partial charge in [-0.1, -0.05) is 29.3 Å². The predicted molar refractivity (Wildman–Crippen MR) is 81.7 cm³/mol. The first kappa shape index (κ1) is 13.9. The van der Waals surface area contributed by atoms with Crippen LogP contribution in [0.5, 0.6) is 0 Å². The summed E-state index contributed by atoms with van der Waals surface area (Å²) in [6, 6.07) is 6.64. The molecule has 0 unspecified atom stereocenters. The Morgan fingerprint density at radius 2 is 1.84 bits per heavy atom. The van der Waals surface area contributed by atoms with Crippen LogP contribution in [0.25, 0.3) is 0 Å². The number of rotatable bonds is 5.